The maximum atomic E-state index is 10.6. The van der Waals surface area contributed by atoms with Crippen LogP contribution in [0.15, 0.2) is 0 Å². The normalized spacial score (nSPS) is 14.7. The van der Waals surface area contributed by atoms with Crippen molar-refractivity contribution in [3.63, 3.8) is 0 Å². The number of carboxylic acid groups (broad SMARTS) is 1. The first kappa shape index (κ1) is 15.4. The molecule has 1 unspecified atom stereocenters. The number of aliphatic carboxylic acids is 1. The predicted octanol–water partition coefficient (Wildman–Crippen LogP) is 1.88. The van der Waals surface area contributed by atoms with E-state index >= 15 is 0 Å². The summed E-state index contributed by atoms with van der Waals surface area (Å²) in [6.07, 6.45) is 3.07. The summed E-state index contributed by atoms with van der Waals surface area (Å²) in [5.74, 6) is -0.187. The Morgan fingerprint density at radius 1 is 1.44 bits per heavy atom. The molecule has 0 aromatic rings. The van der Waals surface area contributed by atoms with Gasteiger partial charge in [0.05, 0.1) is 0 Å². The van der Waals surface area contributed by atoms with Gasteiger partial charge in [-0.05, 0) is 37.6 Å². The highest BCUT2D eigenvalue weighted by molar-refractivity contribution is 5.67. The van der Waals surface area contributed by atoms with Crippen LogP contribution in [0, 0.1) is 11.8 Å². The Kier molecular flexibility index (Phi) is 9.24. The number of nitrogens with two attached hydrogens (primary N) is 1. The van der Waals surface area contributed by atoms with E-state index in [2.05, 4.69) is 13.8 Å². The summed E-state index contributed by atoms with van der Waals surface area (Å²) < 4.78 is 5.40. The van der Waals surface area contributed by atoms with Gasteiger partial charge < -0.3 is 15.6 Å². The molecule has 0 spiro atoms. The third-order valence-electron chi connectivity index (χ3n) is 2.64. The number of hydrogen-bond donors (Lipinski definition) is 2. The Hall–Kier alpha value is -0.610. The van der Waals surface area contributed by atoms with Crippen LogP contribution in [-0.2, 0) is 9.53 Å². The van der Waals surface area contributed by atoms with Crippen LogP contribution < -0.4 is 5.73 Å². The molecule has 0 saturated heterocycles. The molecule has 0 radical (unpaired) electrons. The summed E-state index contributed by atoms with van der Waals surface area (Å²) in [5.41, 5.74) is 5.55. The molecule has 16 heavy (non-hydrogen) atoms. The molecule has 0 aliphatic rings. The molecule has 0 amide bonds. The van der Waals surface area contributed by atoms with Crippen LogP contribution >= 0.6 is 0 Å². The zero-order valence-corrected chi connectivity index (χ0v) is 10.4. The summed E-state index contributed by atoms with van der Waals surface area (Å²) in [5, 5.41) is 8.69. The maximum Gasteiger partial charge on any atom is 0.303 e. The van der Waals surface area contributed by atoms with Gasteiger partial charge in [-0.2, -0.15) is 0 Å². The van der Waals surface area contributed by atoms with Crippen molar-refractivity contribution < 1.29 is 14.6 Å². The standard InChI is InChI=1S/C12H25NO3/c1-3-5-16-6-4-10(2)7-11(9-13)8-12(14)15/h10-11H,3-9,13H2,1-2H3,(H,14,15)/t10?,11-/m0/s1. The molecule has 3 N–H and O–H groups in total. The van der Waals surface area contributed by atoms with Gasteiger partial charge in [0.15, 0.2) is 0 Å². The molecule has 0 bridgehead atoms. The number of carbonyl (C=O) groups is 1. The monoisotopic (exact) mass is 231 g/mol. The average Bonchev–Trinajstić information content (AvgIpc) is 2.23. The molecule has 0 saturated carbocycles. The first-order valence-electron chi connectivity index (χ1n) is 6.09. The minimum atomic E-state index is -0.759. The summed E-state index contributed by atoms with van der Waals surface area (Å²) >= 11 is 0. The minimum absolute atomic E-state index is 0.0960. The van der Waals surface area contributed by atoms with Gasteiger partial charge in [0.25, 0.3) is 0 Å². The highest BCUT2D eigenvalue weighted by atomic mass is 16.5. The second-order valence-corrected chi connectivity index (χ2v) is 4.44. The van der Waals surface area contributed by atoms with Crippen molar-refractivity contribution in [2.24, 2.45) is 17.6 Å². The van der Waals surface area contributed by atoms with Crippen molar-refractivity contribution in [3.05, 3.63) is 0 Å². The fourth-order valence-electron chi connectivity index (χ4n) is 1.73. The van der Waals surface area contributed by atoms with Gasteiger partial charge in [-0.3, -0.25) is 4.79 Å². The van der Waals surface area contributed by atoms with Gasteiger partial charge in [0.2, 0.25) is 0 Å². The van der Waals surface area contributed by atoms with E-state index in [1.165, 1.54) is 0 Å². The van der Waals surface area contributed by atoms with Crippen molar-refractivity contribution in [1.82, 2.24) is 0 Å². The zero-order valence-electron chi connectivity index (χ0n) is 10.4. The quantitative estimate of drug-likeness (QED) is 0.563. The molecule has 0 aliphatic heterocycles. The van der Waals surface area contributed by atoms with Crippen LogP contribution in [0.2, 0.25) is 0 Å². The largest absolute Gasteiger partial charge is 0.481 e. The van der Waals surface area contributed by atoms with Gasteiger partial charge in [0, 0.05) is 19.6 Å². The van der Waals surface area contributed by atoms with Crippen LogP contribution in [0.4, 0.5) is 0 Å². The second-order valence-electron chi connectivity index (χ2n) is 4.44. The second kappa shape index (κ2) is 9.60. The van der Waals surface area contributed by atoms with Gasteiger partial charge in [0.1, 0.15) is 0 Å². The van der Waals surface area contributed by atoms with Gasteiger partial charge >= 0.3 is 5.97 Å². The number of hydrogen-bond acceptors (Lipinski definition) is 3. The molecule has 0 aromatic carbocycles. The van der Waals surface area contributed by atoms with E-state index in [1.54, 1.807) is 0 Å². The van der Waals surface area contributed by atoms with E-state index in [9.17, 15) is 4.79 Å². The highest BCUT2D eigenvalue weighted by Gasteiger charge is 2.15. The van der Waals surface area contributed by atoms with Crippen LogP contribution in [0.25, 0.3) is 0 Å². The molecule has 2 atom stereocenters. The summed E-state index contributed by atoms with van der Waals surface area (Å²) in [4.78, 5) is 10.6. The smallest absolute Gasteiger partial charge is 0.303 e. The Labute approximate surface area is 98.2 Å². The molecule has 0 fully saturated rings. The average molecular weight is 231 g/mol. The van der Waals surface area contributed by atoms with E-state index in [0.29, 0.717) is 12.5 Å². The SMILES string of the molecule is CCCOCCC(C)C[C@H](CN)CC(=O)O. The van der Waals surface area contributed by atoms with Crippen LogP contribution in [0.5, 0.6) is 0 Å². The molecular weight excluding hydrogens is 206 g/mol. The molecule has 4 nitrogen and oxygen atoms in total. The summed E-state index contributed by atoms with van der Waals surface area (Å²) in [7, 11) is 0. The Morgan fingerprint density at radius 3 is 2.62 bits per heavy atom. The highest BCUT2D eigenvalue weighted by Crippen LogP contribution is 2.17. The number of ether oxygens (including phenoxy) is 1. The lowest BCUT2D eigenvalue weighted by molar-refractivity contribution is -0.138. The molecule has 0 heterocycles. The van der Waals surface area contributed by atoms with Crippen LogP contribution in [0.3, 0.4) is 0 Å². The molecule has 4 heteroatoms. The van der Waals surface area contributed by atoms with Crippen LogP contribution in [-0.4, -0.2) is 30.8 Å². The van der Waals surface area contributed by atoms with Crippen molar-refractivity contribution in [2.75, 3.05) is 19.8 Å². The molecule has 0 rings (SSSR count). The molecule has 0 aromatic heterocycles. The maximum absolute atomic E-state index is 10.6. The van der Waals surface area contributed by atoms with Crippen molar-refractivity contribution in [1.29, 1.82) is 0 Å². The number of carboxylic acids is 1. The van der Waals surface area contributed by atoms with Crippen LogP contribution in [0.1, 0.15) is 39.5 Å². The van der Waals surface area contributed by atoms with E-state index in [-0.39, 0.29) is 12.3 Å². The van der Waals surface area contributed by atoms with Crippen molar-refractivity contribution >= 4 is 5.97 Å². The van der Waals surface area contributed by atoms with E-state index < -0.39 is 5.97 Å². The first-order chi connectivity index (χ1) is 7.60. The predicted molar refractivity (Wildman–Crippen MR) is 64.3 cm³/mol. The van der Waals surface area contributed by atoms with E-state index in [4.69, 9.17) is 15.6 Å². The summed E-state index contributed by atoms with van der Waals surface area (Å²) in [6, 6.07) is 0. The van der Waals surface area contributed by atoms with E-state index in [1.807, 2.05) is 0 Å². The van der Waals surface area contributed by atoms with Gasteiger partial charge in [-0.1, -0.05) is 13.8 Å². The Morgan fingerprint density at radius 2 is 2.12 bits per heavy atom. The lowest BCUT2D eigenvalue weighted by Crippen LogP contribution is -2.21. The first-order valence-corrected chi connectivity index (χ1v) is 6.09. The zero-order chi connectivity index (χ0) is 12.4. The minimum Gasteiger partial charge on any atom is -0.481 e. The fraction of sp³-hybridized carbons (Fsp3) is 0.917. The third kappa shape index (κ3) is 8.68. The Balaban J connectivity index is 3.65. The topological polar surface area (TPSA) is 72.5 Å². The van der Waals surface area contributed by atoms with E-state index in [0.717, 1.165) is 32.5 Å². The van der Waals surface area contributed by atoms with Gasteiger partial charge in [-0.15, -0.1) is 0 Å². The fourth-order valence-corrected chi connectivity index (χ4v) is 1.73. The van der Waals surface area contributed by atoms with Crippen molar-refractivity contribution in [2.45, 2.75) is 39.5 Å². The lowest BCUT2D eigenvalue weighted by atomic mass is 9.91. The molecular formula is C12H25NO3. The Bertz CT molecular complexity index is 185. The molecule has 0 aliphatic carbocycles. The summed E-state index contributed by atoms with van der Waals surface area (Å²) in [6.45, 7) is 6.23. The van der Waals surface area contributed by atoms with Gasteiger partial charge in [-0.25, -0.2) is 0 Å². The van der Waals surface area contributed by atoms with Crippen molar-refractivity contribution in [3.8, 4) is 0 Å². The lowest BCUT2D eigenvalue weighted by Gasteiger charge is -2.17. The number of rotatable bonds is 10. The molecule has 96 valence electrons. The third-order valence-corrected chi connectivity index (χ3v) is 2.64.